The molecule has 1 fully saturated rings. The third kappa shape index (κ3) is 32.2. The van der Waals surface area contributed by atoms with E-state index in [9.17, 15) is 25.5 Å². The van der Waals surface area contributed by atoms with Gasteiger partial charge >= 0.3 is 0 Å². The smallest absolute Gasteiger partial charge is 0.261 e. The van der Waals surface area contributed by atoms with Crippen molar-refractivity contribution in [3.63, 3.8) is 0 Å². The van der Waals surface area contributed by atoms with Crippen molar-refractivity contribution in [2.75, 3.05) is 25.1 Å². The fourth-order valence-corrected chi connectivity index (χ4v) is 10.4. The molecule has 1 heterocycles. The molecule has 0 aromatic heterocycles. The first-order valence-electron chi connectivity index (χ1n) is 30.3. The molecular weight excluding hydrogens is 921 g/mol. The largest absolute Gasteiger partial charge is 0.468 e. The van der Waals surface area contributed by atoms with E-state index in [-0.39, 0.29) is 23.8 Å². The normalized spacial score (nSPS) is 19.6. The van der Waals surface area contributed by atoms with Crippen molar-refractivity contribution in [2.45, 2.75) is 327 Å². The monoisotopic (exact) mass is 1030 g/mol. The number of para-hydroxylation sites is 1. The third-order valence-electron chi connectivity index (χ3n) is 15.1. The van der Waals surface area contributed by atoms with Crippen molar-refractivity contribution in [1.82, 2.24) is 5.32 Å². The van der Waals surface area contributed by atoms with Gasteiger partial charge in [0, 0.05) is 5.69 Å². The number of benzene rings is 1. The molecule has 0 saturated carbocycles. The standard InChI is InChI=1S/C61H114N2O8S/c1-6-8-10-12-14-16-18-20-21-22-23-24-25-26-27-28-29-30-31-33-35-37-39-43-47-62-52(55(65)53(64)46-40-38-36-34-32-19-17-15-13-11-9-7-2)48-69-59-58(68)57(67)56(66)54(71-59)49-70-60(72)63-51-45-42-41-44-50(51)61(3,4)5/h41-42,44-45,52-59,62,64-68H,6-40,43,46-49H2,1-5H3,(H,63,72)/t52-,53+,54+,55-,56-,57-,58+,59-/m0/s1. The summed E-state index contributed by atoms with van der Waals surface area (Å²) < 4.78 is 17.9. The molecule has 1 aromatic carbocycles. The first kappa shape index (κ1) is 66.7. The van der Waals surface area contributed by atoms with Crippen molar-refractivity contribution < 1.29 is 39.7 Å². The Morgan fingerprint density at radius 1 is 0.569 bits per heavy atom. The predicted molar refractivity (Wildman–Crippen MR) is 306 cm³/mol. The molecule has 0 bridgehead atoms. The Morgan fingerprint density at radius 3 is 1.40 bits per heavy atom. The molecule has 0 unspecified atom stereocenters. The van der Waals surface area contributed by atoms with E-state index in [0.29, 0.717) is 13.0 Å². The number of aliphatic hydroxyl groups is 5. The maximum absolute atomic E-state index is 11.5. The van der Waals surface area contributed by atoms with Gasteiger partial charge in [-0.2, -0.15) is 0 Å². The van der Waals surface area contributed by atoms with Gasteiger partial charge in [0.15, 0.2) is 6.29 Å². The molecule has 2 rings (SSSR count). The van der Waals surface area contributed by atoms with Crippen molar-refractivity contribution in [3.05, 3.63) is 29.8 Å². The van der Waals surface area contributed by atoms with Crippen LogP contribution in [0, 0.1) is 0 Å². The third-order valence-corrected chi connectivity index (χ3v) is 15.3. The number of hydrogen-bond acceptors (Lipinski definition) is 10. The van der Waals surface area contributed by atoms with Crippen LogP contribution in [-0.4, -0.2) is 99.4 Å². The van der Waals surface area contributed by atoms with Gasteiger partial charge < -0.3 is 50.4 Å². The molecular formula is C61H114N2O8S. The molecule has 11 heteroatoms. The van der Waals surface area contributed by atoms with Crippen LogP contribution >= 0.6 is 12.2 Å². The van der Waals surface area contributed by atoms with E-state index in [2.05, 4.69) is 45.3 Å². The van der Waals surface area contributed by atoms with Gasteiger partial charge in [-0.3, -0.25) is 0 Å². The number of aliphatic hydroxyl groups excluding tert-OH is 5. The lowest BCUT2D eigenvalue weighted by Crippen LogP contribution is -2.60. The van der Waals surface area contributed by atoms with E-state index in [1.807, 2.05) is 24.3 Å². The van der Waals surface area contributed by atoms with E-state index in [0.717, 1.165) is 43.4 Å². The van der Waals surface area contributed by atoms with Crippen LogP contribution in [0.2, 0.25) is 0 Å². The quantitative estimate of drug-likeness (QED) is 0.0247. The minimum absolute atomic E-state index is 0.0795. The molecule has 422 valence electrons. The second-order valence-corrected chi connectivity index (χ2v) is 23.2. The summed E-state index contributed by atoms with van der Waals surface area (Å²) in [6, 6.07) is 7.19. The average Bonchev–Trinajstić information content (AvgIpc) is 3.36. The molecule has 10 nitrogen and oxygen atoms in total. The minimum Gasteiger partial charge on any atom is -0.468 e. The maximum atomic E-state index is 11.5. The van der Waals surface area contributed by atoms with Gasteiger partial charge in [0.1, 0.15) is 31.0 Å². The summed E-state index contributed by atoms with van der Waals surface area (Å²) in [6.07, 6.45) is 38.5. The SMILES string of the molecule is CCCCCCCCCCCCCCCCCCCCCCCCCCN[C@@H](CO[C@H]1O[C@H](COC(=S)Nc2ccccc2C(C)(C)C)[C@H](O)[C@H](O)[C@H]1O)[C@H](O)[C@H](O)CCCCCCCCCCCCCC. The highest BCUT2D eigenvalue weighted by molar-refractivity contribution is 7.80. The number of thiocarbonyl (C=S) groups is 1. The first-order chi connectivity index (χ1) is 34.9. The zero-order chi connectivity index (χ0) is 52.5. The number of ether oxygens (including phenoxy) is 3. The average molecular weight is 1040 g/mol. The van der Waals surface area contributed by atoms with Crippen molar-refractivity contribution in [2.24, 2.45) is 0 Å². The number of hydrogen-bond donors (Lipinski definition) is 7. The summed E-state index contributed by atoms with van der Waals surface area (Å²) >= 11 is 5.49. The van der Waals surface area contributed by atoms with Crippen molar-refractivity contribution >= 4 is 23.1 Å². The van der Waals surface area contributed by atoms with E-state index in [4.69, 9.17) is 26.4 Å². The van der Waals surface area contributed by atoms with E-state index in [1.165, 1.54) is 199 Å². The van der Waals surface area contributed by atoms with Gasteiger partial charge in [-0.1, -0.05) is 278 Å². The van der Waals surface area contributed by atoms with Crippen LogP contribution in [0.1, 0.15) is 278 Å². The Kier molecular flexibility index (Phi) is 40.5. The van der Waals surface area contributed by atoms with Crippen LogP contribution in [0.5, 0.6) is 0 Å². The van der Waals surface area contributed by atoms with Gasteiger partial charge in [-0.15, -0.1) is 0 Å². The highest BCUT2D eigenvalue weighted by Gasteiger charge is 2.45. The van der Waals surface area contributed by atoms with Crippen LogP contribution in [0.3, 0.4) is 0 Å². The van der Waals surface area contributed by atoms with Crippen molar-refractivity contribution in [3.8, 4) is 0 Å². The van der Waals surface area contributed by atoms with E-state index >= 15 is 0 Å². The molecule has 1 saturated heterocycles. The predicted octanol–water partition coefficient (Wildman–Crippen LogP) is 14.7. The van der Waals surface area contributed by atoms with E-state index < -0.39 is 49.0 Å². The highest BCUT2D eigenvalue weighted by Crippen LogP contribution is 2.30. The zero-order valence-electron chi connectivity index (χ0n) is 47.1. The molecule has 1 aromatic rings. The Balaban J connectivity index is 1.73. The Morgan fingerprint density at radius 2 is 0.972 bits per heavy atom. The van der Waals surface area contributed by atoms with Gasteiger partial charge in [0.25, 0.3) is 5.17 Å². The molecule has 0 spiro atoms. The lowest BCUT2D eigenvalue weighted by Gasteiger charge is -2.40. The minimum atomic E-state index is -1.56. The second-order valence-electron chi connectivity index (χ2n) is 22.8. The number of nitrogens with one attached hydrogen (secondary N) is 2. The maximum Gasteiger partial charge on any atom is 0.261 e. The lowest BCUT2D eigenvalue weighted by atomic mass is 9.86. The molecule has 1 aliphatic heterocycles. The Bertz CT molecular complexity index is 1400. The molecule has 8 atom stereocenters. The van der Waals surface area contributed by atoms with Gasteiger partial charge in [0.05, 0.1) is 24.9 Å². The lowest BCUT2D eigenvalue weighted by molar-refractivity contribution is -0.302. The molecule has 0 radical (unpaired) electrons. The summed E-state index contributed by atoms with van der Waals surface area (Å²) in [6.45, 7) is 11.2. The van der Waals surface area contributed by atoms with Crippen LogP contribution < -0.4 is 10.6 Å². The van der Waals surface area contributed by atoms with Gasteiger partial charge in [-0.25, -0.2) is 0 Å². The molecule has 0 amide bonds. The second kappa shape index (κ2) is 43.7. The van der Waals surface area contributed by atoms with Crippen LogP contribution in [0.15, 0.2) is 24.3 Å². The summed E-state index contributed by atoms with van der Waals surface area (Å²) in [5.74, 6) is 0. The zero-order valence-corrected chi connectivity index (χ0v) is 47.9. The summed E-state index contributed by atoms with van der Waals surface area (Å²) in [5, 5.41) is 62.0. The van der Waals surface area contributed by atoms with Crippen LogP contribution in [0.25, 0.3) is 0 Å². The summed E-state index contributed by atoms with van der Waals surface area (Å²) in [4.78, 5) is 0. The van der Waals surface area contributed by atoms with E-state index in [1.54, 1.807) is 0 Å². The number of rotatable bonds is 47. The molecule has 0 aliphatic carbocycles. The van der Waals surface area contributed by atoms with Crippen molar-refractivity contribution in [1.29, 1.82) is 0 Å². The van der Waals surface area contributed by atoms with Gasteiger partial charge in [-0.05, 0) is 48.6 Å². The topological polar surface area (TPSA) is 153 Å². The first-order valence-corrected chi connectivity index (χ1v) is 30.8. The Hall–Kier alpha value is -1.41. The van der Waals surface area contributed by atoms with Crippen LogP contribution in [0.4, 0.5) is 5.69 Å². The fraction of sp³-hybridized carbons (Fsp3) is 0.885. The highest BCUT2D eigenvalue weighted by atomic mass is 32.1. The summed E-state index contributed by atoms with van der Waals surface area (Å²) in [5.41, 5.74) is 1.73. The van der Waals surface area contributed by atoms with Gasteiger partial charge in [0.2, 0.25) is 0 Å². The molecule has 1 aliphatic rings. The molecule has 72 heavy (non-hydrogen) atoms. The van der Waals surface area contributed by atoms with Crippen LogP contribution in [-0.2, 0) is 19.6 Å². The molecule has 7 N–H and O–H groups in total. The Labute approximate surface area is 447 Å². The fourth-order valence-electron chi connectivity index (χ4n) is 10.2. The summed E-state index contributed by atoms with van der Waals surface area (Å²) in [7, 11) is 0. The number of anilines is 1. The number of unbranched alkanes of at least 4 members (excludes halogenated alkanes) is 34.